The van der Waals surface area contributed by atoms with Crippen LogP contribution in [0.4, 0.5) is 4.79 Å². The summed E-state index contributed by atoms with van der Waals surface area (Å²) >= 11 is 1.05. The first-order valence-electron chi connectivity index (χ1n) is 8.17. The summed E-state index contributed by atoms with van der Waals surface area (Å²) in [5.74, 6) is 0.573. The number of hydrogen-bond acceptors (Lipinski definition) is 5. The molecule has 1 N–H and O–H groups in total. The normalized spacial score (nSPS) is 16.8. The molecule has 0 saturated carbocycles. The molecular weight excluding hydrogens is 336 g/mol. The molecule has 0 bridgehead atoms. The van der Waals surface area contributed by atoms with Crippen LogP contribution in [-0.4, -0.2) is 28.0 Å². The number of carbonyl (C=O) groups is 2. The van der Waals surface area contributed by atoms with Crippen LogP contribution in [0.15, 0.2) is 36.4 Å². The molecule has 25 heavy (non-hydrogen) atoms. The summed E-state index contributed by atoms with van der Waals surface area (Å²) in [7, 11) is 0. The number of pyridine rings is 1. The molecule has 1 aromatic heterocycles. The van der Waals surface area contributed by atoms with Crippen molar-refractivity contribution in [1.82, 2.24) is 10.3 Å². The maximum atomic E-state index is 11.6. The van der Waals surface area contributed by atoms with E-state index in [-0.39, 0.29) is 16.4 Å². The van der Waals surface area contributed by atoms with Crippen LogP contribution < -0.4 is 10.1 Å². The van der Waals surface area contributed by atoms with Gasteiger partial charge in [0.05, 0.1) is 11.9 Å². The highest BCUT2D eigenvalue weighted by Gasteiger charge is 2.31. The summed E-state index contributed by atoms with van der Waals surface area (Å²) < 4.78 is 5.77. The molecule has 130 valence electrons. The van der Waals surface area contributed by atoms with Crippen LogP contribution in [0.1, 0.15) is 22.5 Å². The van der Waals surface area contributed by atoms with Crippen LogP contribution in [0.25, 0.3) is 0 Å². The third-order valence-corrected chi connectivity index (χ3v) is 4.87. The Bertz CT molecular complexity index is 770. The molecule has 6 heteroatoms. The molecule has 0 radical (unpaired) electrons. The number of amides is 2. The van der Waals surface area contributed by atoms with Crippen LogP contribution in [0.2, 0.25) is 0 Å². The summed E-state index contributed by atoms with van der Waals surface area (Å²) in [6, 6.07) is 11.8. The number of nitrogens with one attached hydrogen (secondary N) is 1. The zero-order valence-corrected chi connectivity index (χ0v) is 15.1. The van der Waals surface area contributed by atoms with Gasteiger partial charge in [-0.25, -0.2) is 0 Å². The zero-order valence-electron chi connectivity index (χ0n) is 14.2. The van der Waals surface area contributed by atoms with E-state index in [9.17, 15) is 9.59 Å². The van der Waals surface area contributed by atoms with Gasteiger partial charge in [-0.15, -0.1) is 0 Å². The van der Waals surface area contributed by atoms with E-state index in [1.54, 1.807) is 0 Å². The van der Waals surface area contributed by atoms with E-state index >= 15 is 0 Å². The molecule has 1 aliphatic heterocycles. The van der Waals surface area contributed by atoms with Crippen molar-refractivity contribution in [1.29, 1.82) is 0 Å². The predicted octanol–water partition coefficient (Wildman–Crippen LogP) is 3.21. The number of ether oxygens (including phenoxy) is 1. The highest BCUT2D eigenvalue weighted by molar-refractivity contribution is 8.15. The Morgan fingerprint density at radius 2 is 1.92 bits per heavy atom. The highest BCUT2D eigenvalue weighted by Crippen LogP contribution is 2.23. The van der Waals surface area contributed by atoms with Crippen molar-refractivity contribution in [2.24, 2.45) is 0 Å². The fourth-order valence-corrected chi connectivity index (χ4v) is 3.65. The average Bonchev–Trinajstić information content (AvgIpc) is 2.86. The van der Waals surface area contributed by atoms with Crippen molar-refractivity contribution in [2.75, 3.05) is 6.61 Å². The van der Waals surface area contributed by atoms with Gasteiger partial charge >= 0.3 is 0 Å². The van der Waals surface area contributed by atoms with Gasteiger partial charge in [0.2, 0.25) is 5.91 Å². The molecule has 1 unspecified atom stereocenters. The molecule has 2 aromatic rings. The Hall–Kier alpha value is -2.34. The minimum atomic E-state index is -0.338. The number of aromatic nitrogens is 1. The summed E-state index contributed by atoms with van der Waals surface area (Å²) in [5, 5.41) is 1.70. The molecule has 1 atom stereocenters. The molecule has 1 aromatic carbocycles. The Kier molecular flexibility index (Phi) is 5.38. The maximum absolute atomic E-state index is 11.6. The van der Waals surface area contributed by atoms with Crippen molar-refractivity contribution in [3.63, 3.8) is 0 Å². The van der Waals surface area contributed by atoms with Crippen molar-refractivity contribution < 1.29 is 14.3 Å². The molecule has 5 nitrogen and oxygen atoms in total. The quantitative estimate of drug-likeness (QED) is 0.861. The average molecular weight is 356 g/mol. The van der Waals surface area contributed by atoms with Crippen molar-refractivity contribution in [2.45, 2.75) is 31.9 Å². The number of thioether (sulfide) groups is 1. The molecule has 3 rings (SSSR count). The number of nitrogens with zero attached hydrogens (tertiary/aromatic N) is 1. The van der Waals surface area contributed by atoms with Gasteiger partial charge in [-0.1, -0.05) is 23.9 Å². The van der Waals surface area contributed by atoms with Crippen molar-refractivity contribution in [3.8, 4) is 5.75 Å². The minimum Gasteiger partial charge on any atom is -0.493 e. The number of imide groups is 1. The fraction of sp³-hybridized carbons (Fsp3) is 0.316. The first-order chi connectivity index (χ1) is 12.0. The van der Waals surface area contributed by atoms with E-state index < -0.39 is 0 Å². The number of carbonyl (C=O) groups excluding carboxylic acids is 2. The Morgan fingerprint density at radius 1 is 1.16 bits per heavy atom. The number of aryl methyl sites for hydroxylation is 2. The third kappa shape index (κ3) is 4.82. The largest absolute Gasteiger partial charge is 0.493 e. The lowest BCUT2D eigenvalue weighted by atomic mass is 10.1. The van der Waals surface area contributed by atoms with Crippen molar-refractivity contribution in [3.05, 3.63) is 58.9 Å². The number of hydrogen-bond donors (Lipinski definition) is 1. The van der Waals surface area contributed by atoms with Crippen molar-refractivity contribution >= 4 is 22.9 Å². The van der Waals surface area contributed by atoms with Gasteiger partial charge in [-0.2, -0.15) is 0 Å². The van der Waals surface area contributed by atoms with Crippen LogP contribution in [0.3, 0.4) is 0 Å². The van der Waals surface area contributed by atoms with Crippen LogP contribution in [0, 0.1) is 13.8 Å². The van der Waals surface area contributed by atoms with Gasteiger partial charge in [-0.3, -0.25) is 19.9 Å². The molecule has 2 heterocycles. The van der Waals surface area contributed by atoms with Crippen LogP contribution >= 0.6 is 11.8 Å². The van der Waals surface area contributed by atoms with E-state index in [1.807, 2.05) is 31.2 Å². The zero-order chi connectivity index (χ0) is 17.8. The molecular formula is C19H20N2O3S. The van der Waals surface area contributed by atoms with Gasteiger partial charge in [0.1, 0.15) is 5.75 Å². The number of benzene rings is 1. The topological polar surface area (TPSA) is 68.3 Å². The van der Waals surface area contributed by atoms with E-state index in [0.717, 1.165) is 40.9 Å². The predicted molar refractivity (Wildman–Crippen MR) is 98.0 cm³/mol. The van der Waals surface area contributed by atoms with Gasteiger partial charge in [0.15, 0.2) is 0 Å². The summed E-state index contributed by atoms with van der Waals surface area (Å²) in [4.78, 5) is 27.3. The highest BCUT2D eigenvalue weighted by atomic mass is 32.2. The smallest absolute Gasteiger partial charge is 0.286 e. The Labute approximate surface area is 151 Å². The van der Waals surface area contributed by atoms with E-state index in [1.165, 1.54) is 5.56 Å². The van der Waals surface area contributed by atoms with Gasteiger partial charge in [-0.05, 0) is 55.7 Å². The molecule has 2 amide bonds. The first-order valence-corrected chi connectivity index (χ1v) is 9.05. The lowest BCUT2D eigenvalue weighted by molar-refractivity contribution is -0.118. The summed E-state index contributed by atoms with van der Waals surface area (Å²) in [6.07, 6.45) is 1.29. The van der Waals surface area contributed by atoms with E-state index in [4.69, 9.17) is 4.74 Å². The van der Waals surface area contributed by atoms with E-state index in [0.29, 0.717) is 13.0 Å². The third-order valence-electron chi connectivity index (χ3n) is 3.89. The molecule has 0 spiro atoms. The van der Waals surface area contributed by atoms with Crippen LogP contribution in [-0.2, 0) is 17.6 Å². The van der Waals surface area contributed by atoms with Crippen LogP contribution in [0.5, 0.6) is 5.75 Å². The molecule has 1 saturated heterocycles. The number of rotatable bonds is 6. The lowest BCUT2D eigenvalue weighted by Crippen LogP contribution is -2.25. The summed E-state index contributed by atoms with van der Waals surface area (Å²) in [5.41, 5.74) is 4.26. The second-order valence-electron chi connectivity index (χ2n) is 6.11. The molecule has 1 aliphatic rings. The van der Waals surface area contributed by atoms with Gasteiger partial charge < -0.3 is 4.74 Å². The second kappa shape index (κ2) is 7.70. The summed E-state index contributed by atoms with van der Waals surface area (Å²) in [6.45, 7) is 4.62. The molecule has 0 aliphatic carbocycles. The lowest BCUT2D eigenvalue weighted by Gasteiger charge is -2.09. The Balaban J connectivity index is 1.50. The first kappa shape index (κ1) is 17.5. The minimum absolute atomic E-state index is 0.212. The standard InChI is InChI=1S/C19H20N2O3S/c1-12-9-13(2)20-15(10-12)7-8-24-16-5-3-14(4-6-16)11-17-18(22)21-19(23)25-17/h3-6,9-10,17H,7-8,11H2,1-2H3,(H,21,22,23). The molecule has 1 fully saturated rings. The Morgan fingerprint density at radius 3 is 2.56 bits per heavy atom. The van der Waals surface area contributed by atoms with Gasteiger partial charge in [0.25, 0.3) is 5.24 Å². The monoisotopic (exact) mass is 356 g/mol. The van der Waals surface area contributed by atoms with E-state index in [2.05, 4.69) is 29.4 Å². The second-order valence-corrected chi connectivity index (χ2v) is 7.28. The fourth-order valence-electron chi connectivity index (χ4n) is 2.79. The van der Waals surface area contributed by atoms with Gasteiger partial charge in [0, 0.05) is 17.8 Å². The SMILES string of the molecule is Cc1cc(C)nc(CCOc2ccc(CC3SC(=O)NC3=O)cc2)c1. The maximum Gasteiger partial charge on any atom is 0.286 e.